The van der Waals surface area contributed by atoms with Crippen LogP contribution in [-0.4, -0.2) is 0 Å². The normalized spacial score (nSPS) is 11.5. The highest BCUT2D eigenvalue weighted by molar-refractivity contribution is 6.31. The van der Waals surface area contributed by atoms with Crippen molar-refractivity contribution in [3.05, 3.63) is 58.1 Å². The number of rotatable bonds is 3. The Morgan fingerprint density at radius 1 is 1.10 bits per heavy atom. The molecule has 0 aromatic heterocycles. The van der Waals surface area contributed by atoms with Crippen molar-refractivity contribution in [3.8, 4) is 11.5 Å². The third-order valence-electron chi connectivity index (χ3n) is 3.45. The highest BCUT2D eigenvalue weighted by Crippen LogP contribution is 2.37. The van der Waals surface area contributed by atoms with Gasteiger partial charge in [0.05, 0.1) is 0 Å². The van der Waals surface area contributed by atoms with E-state index in [0.29, 0.717) is 11.6 Å². The first-order valence-electron chi connectivity index (χ1n) is 7.09. The molecule has 21 heavy (non-hydrogen) atoms. The van der Waals surface area contributed by atoms with Gasteiger partial charge in [0.15, 0.2) is 0 Å². The Labute approximate surface area is 131 Å². The van der Waals surface area contributed by atoms with Crippen LogP contribution in [0.25, 0.3) is 0 Å². The Morgan fingerprint density at radius 3 is 2.43 bits per heavy atom. The molecule has 0 aliphatic heterocycles. The molecule has 3 heteroatoms. The number of aryl methyl sites for hydroxylation is 1. The lowest BCUT2D eigenvalue weighted by atomic mass is 9.86. The summed E-state index contributed by atoms with van der Waals surface area (Å²) >= 11 is 6.20. The molecule has 2 nitrogen and oxygen atoms in total. The number of hydrogen-bond acceptors (Lipinski definition) is 2. The average Bonchev–Trinajstić information content (AvgIpc) is 2.37. The van der Waals surface area contributed by atoms with Gasteiger partial charge in [-0.25, -0.2) is 0 Å². The molecular formula is C18H22ClNO. The third kappa shape index (κ3) is 3.58. The van der Waals surface area contributed by atoms with Crippen molar-refractivity contribution in [1.29, 1.82) is 0 Å². The molecule has 2 aromatic carbocycles. The fourth-order valence-electron chi connectivity index (χ4n) is 2.28. The lowest BCUT2D eigenvalue weighted by Gasteiger charge is -2.23. The summed E-state index contributed by atoms with van der Waals surface area (Å²) in [5.74, 6) is 1.58. The van der Waals surface area contributed by atoms with Crippen molar-refractivity contribution in [2.45, 2.75) is 39.7 Å². The molecule has 0 unspecified atom stereocenters. The van der Waals surface area contributed by atoms with Crippen LogP contribution >= 0.6 is 11.6 Å². The van der Waals surface area contributed by atoms with Crippen LogP contribution in [0.3, 0.4) is 0 Å². The fraction of sp³-hybridized carbons (Fsp3) is 0.333. The van der Waals surface area contributed by atoms with Crippen LogP contribution in [0.1, 0.15) is 37.5 Å². The van der Waals surface area contributed by atoms with E-state index < -0.39 is 0 Å². The average molecular weight is 304 g/mol. The maximum atomic E-state index is 6.20. The smallest absolute Gasteiger partial charge is 0.133 e. The summed E-state index contributed by atoms with van der Waals surface area (Å²) in [5.41, 5.74) is 8.96. The van der Waals surface area contributed by atoms with Gasteiger partial charge in [0, 0.05) is 22.7 Å². The molecule has 2 rings (SSSR count). The van der Waals surface area contributed by atoms with Crippen molar-refractivity contribution in [1.82, 2.24) is 0 Å². The van der Waals surface area contributed by atoms with Crippen LogP contribution in [0.5, 0.6) is 11.5 Å². The summed E-state index contributed by atoms with van der Waals surface area (Å²) in [7, 11) is 0. The quantitative estimate of drug-likeness (QED) is 0.846. The molecule has 0 fully saturated rings. The van der Waals surface area contributed by atoms with E-state index in [1.165, 1.54) is 0 Å². The summed E-state index contributed by atoms with van der Waals surface area (Å²) in [5, 5.41) is 0.639. The van der Waals surface area contributed by atoms with Gasteiger partial charge in [-0.2, -0.15) is 0 Å². The minimum Gasteiger partial charge on any atom is -0.457 e. The van der Waals surface area contributed by atoms with E-state index in [9.17, 15) is 0 Å². The Kier molecular flexibility index (Phi) is 4.60. The predicted octanol–water partition coefficient (Wildman–Crippen LogP) is 5.20. The number of halogens is 1. The molecule has 0 atom stereocenters. The van der Waals surface area contributed by atoms with Crippen molar-refractivity contribution in [2.24, 2.45) is 5.73 Å². The SMILES string of the molecule is Cc1ccc(C(C)(C)C)c(Oc2cccc(Cl)c2CN)c1. The van der Waals surface area contributed by atoms with E-state index >= 15 is 0 Å². The predicted molar refractivity (Wildman–Crippen MR) is 89.3 cm³/mol. The third-order valence-corrected chi connectivity index (χ3v) is 3.80. The second-order valence-corrected chi connectivity index (χ2v) is 6.68. The van der Waals surface area contributed by atoms with Crippen LogP contribution in [0.2, 0.25) is 5.02 Å². The van der Waals surface area contributed by atoms with E-state index in [4.69, 9.17) is 22.1 Å². The van der Waals surface area contributed by atoms with E-state index in [1.807, 2.05) is 18.2 Å². The molecule has 2 N–H and O–H groups in total. The van der Waals surface area contributed by atoms with Crippen LogP contribution in [0, 0.1) is 6.92 Å². The summed E-state index contributed by atoms with van der Waals surface area (Å²) in [4.78, 5) is 0. The van der Waals surface area contributed by atoms with Gasteiger partial charge < -0.3 is 10.5 Å². The minimum atomic E-state index is 0.00445. The molecule has 0 saturated heterocycles. The summed E-state index contributed by atoms with van der Waals surface area (Å²) < 4.78 is 6.16. The highest BCUT2D eigenvalue weighted by atomic mass is 35.5. The molecular weight excluding hydrogens is 282 g/mol. The zero-order valence-corrected chi connectivity index (χ0v) is 13.8. The molecule has 0 aliphatic rings. The van der Waals surface area contributed by atoms with Crippen molar-refractivity contribution in [3.63, 3.8) is 0 Å². The molecule has 0 bridgehead atoms. The Hall–Kier alpha value is -1.51. The first kappa shape index (κ1) is 15.9. The van der Waals surface area contributed by atoms with Crippen LogP contribution in [0.4, 0.5) is 0 Å². The lowest BCUT2D eigenvalue weighted by molar-refractivity contribution is 0.450. The van der Waals surface area contributed by atoms with Crippen LogP contribution in [0.15, 0.2) is 36.4 Å². The molecule has 112 valence electrons. The van der Waals surface area contributed by atoms with E-state index in [-0.39, 0.29) is 5.41 Å². The zero-order valence-electron chi connectivity index (χ0n) is 13.0. The van der Waals surface area contributed by atoms with Gasteiger partial charge in [0.2, 0.25) is 0 Å². The molecule has 0 spiro atoms. The van der Waals surface area contributed by atoms with Crippen molar-refractivity contribution >= 4 is 11.6 Å². The summed E-state index contributed by atoms with van der Waals surface area (Å²) in [6, 6.07) is 11.9. The molecule has 0 radical (unpaired) electrons. The van der Waals surface area contributed by atoms with Gasteiger partial charge in [0.1, 0.15) is 11.5 Å². The number of benzene rings is 2. The topological polar surface area (TPSA) is 35.2 Å². The van der Waals surface area contributed by atoms with Gasteiger partial charge >= 0.3 is 0 Å². The highest BCUT2D eigenvalue weighted by Gasteiger charge is 2.20. The van der Waals surface area contributed by atoms with Crippen molar-refractivity contribution in [2.75, 3.05) is 0 Å². The van der Waals surface area contributed by atoms with Crippen LogP contribution < -0.4 is 10.5 Å². The van der Waals surface area contributed by atoms with Gasteiger partial charge in [-0.1, -0.05) is 50.6 Å². The van der Waals surface area contributed by atoms with Crippen LogP contribution in [-0.2, 0) is 12.0 Å². The van der Waals surface area contributed by atoms with E-state index in [2.05, 4.69) is 45.9 Å². The number of hydrogen-bond donors (Lipinski definition) is 1. The monoisotopic (exact) mass is 303 g/mol. The maximum absolute atomic E-state index is 6.20. The lowest BCUT2D eigenvalue weighted by Crippen LogP contribution is -2.13. The number of nitrogens with two attached hydrogens (primary N) is 1. The Bertz CT molecular complexity index is 644. The fourth-order valence-corrected chi connectivity index (χ4v) is 2.53. The Balaban J connectivity index is 2.49. The van der Waals surface area contributed by atoms with E-state index in [0.717, 1.165) is 28.2 Å². The molecule has 0 heterocycles. The number of ether oxygens (including phenoxy) is 1. The molecule has 2 aromatic rings. The molecule has 0 amide bonds. The standard InChI is InChI=1S/C18H22ClNO/c1-12-8-9-14(18(2,3)4)17(10-12)21-16-7-5-6-15(19)13(16)11-20/h5-10H,11,20H2,1-4H3. The van der Waals surface area contributed by atoms with Gasteiger partial charge in [-0.15, -0.1) is 0 Å². The second-order valence-electron chi connectivity index (χ2n) is 6.27. The van der Waals surface area contributed by atoms with Crippen molar-refractivity contribution < 1.29 is 4.74 Å². The van der Waals surface area contributed by atoms with Gasteiger partial charge in [0.25, 0.3) is 0 Å². The molecule has 0 saturated carbocycles. The minimum absolute atomic E-state index is 0.00445. The second kappa shape index (κ2) is 6.08. The Morgan fingerprint density at radius 2 is 1.81 bits per heavy atom. The molecule has 0 aliphatic carbocycles. The van der Waals surface area contributed by atoms with Gasteiger partial charge in [-0.3, -0.25) is 0 Å². The summed E-state index contributed by atoms with van der Waals surface area (Å²) in [6.45, 7) is 8.93. The maximum Gasteiger partial charge on any atom is 0.133 e. The van der Waals surface area contributed by atoms with Gasteiger partial charge in [-0.05, 0) is 36.1 Å². The van der Waals surface area contributed by atoms with E-state index in [1.54, 1.807) is 0 Å². The zero-order chi connectivity index (χ0) is 15.6. The largest absolute Gasteiger partial charge is 0.457 e. The summed E-state index contributed by atoms with van der Waals surface area (Å²) in [6.07, 6.45) is 0. The first-order chi connectivity index (χ1) is 9.82. The first-order valence-corrected chi connectivity index (χ1v) is 7.47.